The Labute approximate surface area is 95.7 Å². The Bertz CT molecular complexity index is 467. The van der Waals surface area contributed by atoms with Gasteiger partial charge in [-0.15, -0.1) is 11.3 Å². The lowest BCUT2D eigenvalue weighted by Crippen LogP contribution is -2.38. The third-order valence-electron chi connectivity index (χ3n) is 1.53. The third kappa shape index (κ3) is 2.91. The van der Waals surface area contributed by atoms with Crippen LogP contribution in [0.25, 0.3) is 0 Å². The fourth-order valence-electron chi connectivity index (χ4n) is 0.808. The molecule has 1 aromatic rings. The zero-order valence-corrected chi connectivity index (χ0v) is 9.99. The first-order valence-corrected chi connectivity index (χ1v) is 6.57. The number of carboxylic acids is 1. The van der Waals surface area contributed by atoms with E-state index in [4.69, 9.17) is 16.7 Å². The van der Waals surface area contributed by atoms with Crippen LogP contribution in [0.4, 0.5) is 0 Å². The molecule has 5 nitrogen and oxygen atoms in total. The Morgan fingerprint density at radius 3 is 2.67 bits per heavy atom. The maximum atomic E-state index is 11.6. The highest BCUT2D eigenvalue weighted by molar-refractivity contribution is 7.91. The molecule has 0 aliphatic carbocycles. The van der Waals surface area contributed by atoms with Gasteiger partial charge in [0.25, 0.3) is 10.0 Å². The van der Waals surface area contributed by atoms with Crippen LogP contribution < -0.4 is 4.72 Å². The van der Waals surface area contributed by atoms with Crippen LogP contribution in [-0.2, 0) is 14.8 Å². The average Bonchev–Trinajstić information content (AvgIpc) is 2.50. The van der Waals surface area contributed by atoms with Gasteiger partial charge in [0.05, 0.1) is 5.02 Å². The number of aliphatic carboxylic acids is 1. The summed E-state index contributed by atoms with van der Waals surface area (Å²) in [5, 5.41) is 10.2. The van der Waals surface area contributed by atoms with Crippen LogP contribution >= 0.6 is 22.9 Å². The minimum Gasteiger partial charge on any atom is -0.480 e. The molecule has 1 aromatic heterocycles. The van der Waals surface area contributed by atoms with Gasteiger partial charge in [-0.05, 0) is 18.4 Å². The maximum absolute atomic E-state index is 11.6. The van der Waals surface area contributed by atoms with Gasteiger partial charge in [0.1, 0.15) is 6.04 Å². The zero-order valence-electron chi connectivity index (χ0n) is 7.60. The smallest absolute Gasteiger partial charge is 0.321 e. The Kier molecular flexibility index (Phi) is 3.72. The van der Waals surface area contributed by atoms with E-state index in [1.165, 1.54) is 18.4 Å². The van der Waals surface area contributed by atoms with Gasteiger partial charge in [-0.1, -0.05) is 11.6 Å². The molecule has 0 aliphatic rings. The molecule has 0 saturated carbocycles. The molecule has 15 heavy (non-hydrogen) atoms. The van der Waals surface area contributed by atoms with Crippen LogP contribution in [0.2, 0.25) is 5.02 Å². The summed E-state index contributed by atoms with van der Waals surface area (Å²) in [6, 6.07) is 0.250. The van der Waals surface area contributed by atoms with E-state index in [-0.39, 0.29) is 9.23 Å². The minimum absolute atomic E-state index is 0.0720. The van der Waals surface area contributed by atoms with Crippen LogP contribution in [-0.4, -0.2) is 25.5 Å². The highest BCUT2D eigenvalue weighted by Gasteiger charge is 2.24. The van der Waals surface area contributed by atoms with Gasteiger partial charge in [0, 0.05) is 0 Å². The minimum atomic E-state index is -3.84. The average molecular weight is 270 g/mol. The molecule has 1 rings (SSSR count). The Hall–Kier alpha value is -0.630. The number of nitrogens with one attached hydrogen (secondary N) is 1. The predicted octanol–water partition coefficient (Wildman–Crippen LogP) is 1.15. The van der Waals surface area contributed by atoms with Crippen molar-refractivity contribution in [3.8, 4) is 0 Å². The van der Waals surface area contributed by atoms with Crippen molar-refractivity contribution in [3.05, 3.63) is 16.5 Å². The quantitative estimate of drug-likeness (QED) is 0.859. The summed E-state index contributed by atoms with van der Waals surface area (Å²) < 4.78 is 25.1. The second-order valence-corrected chi connectivity index (χ2v) is 5.97. The molecule has 0 aliphatic heterocycles. The second-order valence-electron chi connectivity index (χ2n) is 2.74. The van der Waals surface area contributed by atoms with Crippen LogP contribution in [0.5, 0.6) is 0 Å². The zero-order chi connectivity index (χ0) is 11.6. The summed E-state index contributed by atoms with van der Waals surface area (Å²) >= 11 is 6.57. The lowest BCUT2D eigenvalue weighted by atomic mass is 10.4. The van der Waals surface area contributed by atoms with E-state index in [0.29, 0.717) is 0 Å². The highest BCUT2D eigenvalue weighted by atomic mass is 35.5. The predicted molar refractivity (Wildman–Crippen MR) is 56.7 cm³/mol. The molecule has 1 atom stereocenters. The summed E-state index contributed by atoms with van der Waals surface area (Å²) in [6.07, 6.45) is 0. The number of sulfonamides is 1. The van der Waals surface area contributed by atoms with Crippen molar-refractivity contribution in [1.29, 1.82) is 0 Å². The van der Waals surface area contributed by atoms with Gasteiger partial charge < -0.3 is 5.11 Å². The normalized spacial score (nSPS) is 13.7. The maximum Gasteiger partial charge on any atom is 0.321 e. The molecule has 0 aromatic carbocycles. The number of halogens is 1. The van der Waals surface area contributed by atoms with Crippen LogP contribution in [0, 0.1) is 0 Å². The number of hydrogen-bond acceptors (Lipinski definition) is 4. The molecule has 84 valence electrons. The molecular weight excluding hydrogens is 262 g/mol. The van der Waals surface area contributed by atoms with Crippen molar-refractivity contribution in [2.45, 2.75) is 17.2 Å². The molecule has 0 spiro atoms. The van der Waals surface area contributed by atoms with Crippen LogP contribution in [0.1, 0.15) is 6.92 Å². The van der Waals surface area contributed by atoms with E-state index in [1.54, 1.807) is 0 Å². The molecule has 0 fully saturated rings. The number of hydrogen-bond donors (Lipinski definition) is 2. The van der Waals surface area contributed by atoms with Crippen molar-refractivity contribution >= 4 is 38.9 Å². The molecule has 0 saturated heterocycles. The van der Waals surface area contributed by atoms with Gasteiger partial charge in [-0.25, -0.2) is 8.42 Å². The number of rotatable bonds is 4. The third-order valence-corrected chi connectivity index (χ3v) is 5.09. The first kappa shape index (κ1) is 12.4. The monoisotopic (exact) mass is 269 g/mol. The standard InChI is InChI=1S/C7H8ClNO4S2/c1-4(6(10)11)9-15(12,13)7-5(8)2-3-14-7/h2-4,9H,1H3,(H,10,11)/t4-/m0/s1. The van der Waals surface area contributed by atoms with Gasteiger partial charge >= 0.3 is 5.97 Å². The summed E-state index contributed by atoms with van der Waals surface area (Å²) in [4.78, 5) is 10.5. The molecule has 0 amide bonds. The van der Waals surface area contributed by atoms with Crippen molar-refractivity contribution in [2.75, 3.05) is 0 Å². The molecule has 2 N–H and O–H groups in total. The molecule has 1 heterocycles. The lowest BCUT2D eigenvalue weighted by Gasteiger charge is -2.08. The van der Waals surface area contributed by atoms with E-state index in [1.807, 2.05) is 4.72 Å². The SMILES string of the molecule is C[C@H](NS(=O)(=O)c1sccc1Cl)C(=O)O. The van der Waals surface area contributed by atoms with Crippen molar-refractivity contribution in [2.24, 2.45) is 0 Å². The van der Waals surface area contributed by atoms with E-state index in [2.05, 4.69) is 0 Å². The first-order valence-electron chi connectivity index (χ1n) is 3.82. The molecule has 8 heteroatoms. The van der Waals surface area contributed by atoms with Crippen molar-refractivity contribution in [1.82, 2.24) is 4.72 Å². The van der Waals surface area contributed by atoms with Gasteiger partial charge in [-0.2, -0.15) is 4.72 Å². The fraction of sp³-hybridized carbons (Fsp3) is 0.286. The molecule has 0 radical (unpaired) electrons. The van der Waals surface area contributed by atoms with Crippen LogP contribution in [0.15, 0.2) is 15.7 Å². The fourth-order valence-corrected chi connectivity index (χ4v) is 3.71. The topological polar surface area (TPSA) is 83.5 Å². The van der Waals surface area contributed by atoms with Crippen molar-refractivity contribution in [3.63, 3.8) is 0 Å². The van der Waals surface area contributed by atoms with E-state index >= 15 is 0 Å². The number of carboxylic acid groups (broad SMARTS) is 1. The van der Waals surface area contributed by atoms with E-state index in [0.717, 1.165) is 11.3 Å². The van der Waals surface area contributed by atoms with E-state index in [9.17, 15) is 13.2 Å². The van der Waals surface area contributed by atoms with E-state index < -0.39 is 22.0 Å². The van der Waals surface area contributed by atoms with Crippen molar-refractivity contribution < 1.29 is 18.3 Å². The molecule has 0 unspecified atom stereocenters. The summed E-state index contributed by atoms with van der Waals surface area (Å²) in [5.74, 6) is -1.24. The number of thiophene rings is 1. The molecule has 0 bridgehead atoms. The summed E-state index contributed by atoms with van der Waals surface area (Å²) in [5.41, 5.74) is 0. The number of carbonyl (C=O) groups is 1. The Balaban J connectivity index is 2.96. The largest absolute Gasteiger partial charge is 0.480 e. The summed E-state index contributed by atoms with van der Waals surface area (Å²) in [6.45, 7) is 1.24. The highest BCUT2D eigenvalue weighted by Crippen LogP contribution is 2.26. The first-order chi connectivity index (χ1) is 6.84. The van der Waals surface area contributed by atoms with Gasteiger partial charge in [0.15, 0.2) is 4.21 Å². The Morgan fingerprint density at radius 1 is 1.67 bits per heavy atom. The second kappa shape index (κ2) is 4.48. The Morgan fingerprint density at radius 2 is 2.27 bits per heavy atom. The lowest BCUT2D eigenvalue weighted by molar-refractivity contribution is -0.138. The van der Waals surface area contributed by atoms with Gasteiger partial charge in [0.2, 0.25) is 0 Å². The van der Waals surface area contributed by atoms with Gasteiger partial charge in [-0.3, -0.25) is 4.79 Å². The van der Waals surface area contributed by atoms with Crippen LogP contribution in [0.3, 0.4) is 0 Å². The molecular formula is C7H8ClNO4S2. The summed E-state index contributed by atoms with van der Waals surface area (Å²) in [7, 11) is -3.84.